The zero-order valence-electron chi connectivity index (χ0n) is 17.7. The minimum Gasteiger partial charge on any atom is -0.382 e. The van der Waals surface area contributed by atoms with Crippen LogP contribution in [0.25, 0.3) is 16.6 Å². The molecule has 1 aliphatic carbocycles. The molecule has 2 aromatic carbocycles. The number of hydrogen-bond donors (Lipinski definition) is 3. The van der Waals surface area contributed by atoms with Gasteiger partial charge in [-0.05, 0) is 65.6 Å². The van der Waals surface area contributed by atoms with E-state index in [9.17, 15) is 14.4 Å². The summed E-state index contributed by atoms with van der Waals surface area (Å²) >= 11 is 1.98. The van der Waals surface area contributed by atoms with Crippen molar-refractivity contribution in [2.24, 2.45) is 5.92 Å². The minimum absolute atomic E-state index is 0.0380. The Morgan fingerprint density at radius 2 is 1.91 bits per heavy atom. The summed E-state index contributed by atoms with van der Waals surface area (Å²) < 4.78 is 16.2. The Labute approximate surface area is 206 Å². The summed E-state index contributed by atoms with van der Waals surface area (Å²) in [6, 6.07) is 13.1. The topological polar surface area (TPSA) is 149 Å². The molecule has 0 aliphatic heterocycles. The number of fused-ring (bicyclic) bond motifs is 1. The summed E-state index contributed by atoms with van der Waals surface area (Å²) in [6.07, 6.45) is 1.78. The number of nitrogens with zero attached hydrogens (tertiary/aromatic N) is 5. The van der Waals surface area contributed by atoms with Crippen LogP contribution in [-0.4, -0.2) is 19.5 Å². The van der Waals surface area contributed by atoms with Gasteiger partial charge in [-0.2, -0.15) is 15.2 Å². The largest absolute Gasteiger partial charge is 0.382 e. The summed E-state index contributed by atoms with van der Waals surface area (Å²) in [5.41, 5.74) is 12.3. The van der Waals surface area contributed by atoms with E-state index in [2.05, 4.69) is 15.3 Å². The summed E-state index contributed by atoms with van der Waals surface area (Å²) in [5.74, 6) is 0.101. The molecule has 0 spiro atoms. The monoisotopic (exact) mass is 568 g/mol. The Kier molecular flexibility index (Phi) is 5.52. The van der Waals surface area contributed by atoms with Crippen LogP contribution in [0, 0.1) is 26.6 Å². The van der Waals surface area contributed by atoms with Crippen molar-refractivity contribution in [1.82, 2.24) is 19.5 Å². The lowest BCUT2D eigenvalue weighted by atomic mass is 10.1. The molecule has 1 fully saturated rings. The van der Waals surface area contributed by atoms with Crippen LogP contribution < -0.4 is 22.3 Å². The molecule has 2 aromatic heterocycles. The van der Waals surface area contributed by atoms with Crippen LogP contribution >= 0.6 is 22.6 Å². The first-order chi connectivity index (χ1) is 16.4. The van der Waals surface area contributed by atoms with E-state index in [0.717, 1.165) is 12.8 Å². The number of aromatic nitrogens is 4. The highest BCUT2D eigenvalue weighted by Gasteiger charge is 2.37. The van der Waals surface area contributed by atoms with Gasteiger partial charge in [0.2, 0.25) is 5.95 Å². The second-order valence-corrected chi connectivity index (χ2v) is 9.15. The number of hydrogen-bond acceptors (Lipinski definition) is 8. The van der Waals surface area contributed by atoms with Crippen LogP contribution in [0.5, 0.6) is 0 Å². The average Bonchev–Trinajstić information content (AvgIpc) is 3.63. The molecule has 0 saturated heterocycles. The molecule has 5 N–H and O–H groups in total. The van der Waals surface area contributed by atoms with Gasteiger partial charge in [0.15, 0.2) is 5.82 Å². The number of rotatable bonds is 5. The second kappa shape index (κ2) is 8.53. The third-order valence-corrected chi connectivity index (χ3v) is 6.48. The van der Waals surface area contributed by atoms with Crippen LogP contribution in [0.15, 0.2) is 47.3 Å². The van der Waals surface area contributed by atoms with Gasteiger partial charge in [-0.3, -0.25) is 9.36 Å². The fourth-order valence-electron chi connectivity index (χ4n) is 3.95. The summed E-state index contributed by atoms with van der Waals surface area (Å²) in [7, 11) is 0. The first-order valence-corrected chi connectivity index (χ1v) is 11.5. The van der Waals surface area contributed by atoms with Gasteiger partial charge in [0.25, 0.3) is 5.56 Å². The smallest absolute Gasteiger partial charge is 0.266 e. The zero-order valence-corrected chi connectivity index (χ0v) is 19.8. The molecule has 1 aliphatic rings. The molecule has 1 saturated carbocycles. The maximum Gasteiger partial charge on any atom is 0.266 e. The van der Waals surface area contributed by atoms with E-state index in [-0.39, 0.29) is 34.5 Å². The maximum atomic E-state index is 14.2. The Morgan fingerprint density at radius 1 is 1.18 bits per heavy atom. The van der Waals surface area contributed by atoms with Crippen LogP contribution in [-0.2, 0) is 0 Å². The van der Waals surface area contributed by atoms with Gasteiger partial charge in [-0.25, -0.2) is 9.37 Å². The minimum atomic E-state index is -0.509. The van der Waals surface area contributed by atoms with Crippen LogP contribution in [0.2, 0.25) is 0 Å². The number of nitrogen functional groups attached to an aromatic ring is 2. The number of nitrogens with one attached hydrogen (secondary N) is 1. The molecular weight excluding hydrogens is 550 g/mol. The van der Waals surface area contributed by atoms with Gasteiger partial charge in [0.05, 0.1) is 22.6 Å². The lowest BCUT2D eigenvalue weighted by Crippen LogP contribution is -2.30. The molecule has 0 radical (unpaired) electrons. The predicted molar refractivity (Wildman–Crippen MR) is 135 cm³/mol. The van der Waals surface area contributed by atoms with Crippen LogP contribution in [0.1, 0.15) is 30.3 Å². The molecule has 2 heterocycles. The van der Waals surface area contributed by atoms with E-state index < -0.39 is 17.4 Å². The first-order valence-electron chi connectivity index (χ1n) is 10.4. The Bertz CT molecular complexity index is 1530. The third kappa shape index (κ3) is 3.90. The number of nitriles is 1. The molecule has 170 valence electrons. The van der Waals surface area contributed by atoms with E-state index in [1.54, 1.807) is 12.1 Å². The van der Waals surface area contributed by atoms with Crippen LogP contribution in [0.3, 0.4) is 0 Å². The number of anilines is 3. The SMILES string of the molecule is N#Cc1c(N)nc(N)nc1NC(c1nc2c(I)cc(F)cc2c(=O)n1-c1ccccc1)C1CC1. The van der Waals surface area contributed by atoms with Crippen molar-refractivity contribution in [2.75, 3.05) is 16.8 Å². The predicted octanol–water partition coefficient (Wildman–Crippen LogP) is 3.52. The number of benzene rings is 2. The molecule has 0 bridgehead atoms. The molecular formula is C23H18FIN8O. The molecule has 4 aromatic rings. The first kappa shape index (κ1) is 22.0. The normalized spacial score (nSPS) is 14.0. The van der Waals surface area contributed by atoms with E-state index in [1.807, 2.05) is 46.9 Å². The molecule has 9 nitrogen and oxygen atoms in total. The fraction of sp³-hybridized carbons (Fsp3) is 0.174. The fourth-order valence-corrected chi connectivity index (χ4v) is 4.66. The number of nitrogens with two attached hydrogens (primary N) is 2. The van der Waals surface area contributed by atoms with Gasteiger partial charge in [0, 0.05) is 3.57 Å². The van der Waals surface area contributed by atoms with E-state index in [0.29, 0.717) is 20.6 Å². The summed E-state index contributed by atoms with van der Waals surface area (Å²) in [4.78, 5) is 26.6. The number of halogens is 2. The lowest BCUT2D eigenvalue weighted by Gasteiger charge is -2.24. The maximum absolute atomic E-state index is 14.2. The van der Waals surface area contributed by atoms with Gasteiger partial charge in [-0.1, -0.05) is 18.2 Å². The van der Waals surface area contributed by atoms with Gasteiger partial charge in [0.1, 0.15) is 29.1 Å². The van der Waals surface area contributed by atoms with Gasteiger partial charge >= 0.3 is 0 Å². The van der Waals surface area contributed by atoms with Crippen molar-refractivity contribution in [3.05, 3.63) is 73.6 Å². The number of para-hydroxylation sites is 1. The molecule has 1 atom stereocenters. The molecule has 1 unspecified atom stereocenters. The van der Waals surface area contributed by atoms with Crippen molar-refractivity contribution in [1.29, 1.82) is 5.26 Å². The molecule has 0 amide bonds. The Balaban J connectivity index is 1.78. The Hall–Kier alpha value is -3.79. The van der Waals surface area contributed by atoms with Crippen LogP contribution in [0.4, 0.5) is 22.0 Å². The summed E-state index contributed by atoms with van der Waals surface area (Å²) in [5, 5.41) is 13.0. The average molecular weight is 568 g/mol. The van der Waals surface area contributed by atoms with E-state index in [1.165, 1.54) is 16.7 Å². The van der Waals surface area contributed by atoms with Crippen molar-refractivity contribution >= 4 is 51.1 Å². The molecule has 11 heteroatoms. The molecule has 34 heavy (non-hydrogen) atoms. The third-order valence-electron chi connectivity index (χ3n) is 5.66. The van der Waals surface area contributed by atoms with Gasteiger partial charge in [-0.15, -0.1) is 0 Å². The van der Waals surface area contributed by atoms with Crippen molar-refractivity contribution in [3.8, 4) is 11.8 Å². The van der Waals surface area contributed by atoms with Crippen molar-refractivity contribution in [2.45, 2.75) is 18.9 Å². The highest BCUT2D eigenvalue weighted by Crippen LogP contribution is 2.43. The standard InChI is InChI=1S/C23H18FIN8O/c24-12-8-14-18(16(25)9-12)30-21(33(22(14)34)13-4-2-1-3-5-13)17(11-6-7-11)29-20-15(10-26)19(27)31-23(28)32-20/h1-5,8-9,11,17H,6-7H2,(H5,27,28,29,31,32). The highest BCUT2D eigenvalue weighted by atomic mass is 127. The lowest BCUT2D eigenvalue weighted by molar-refractivity contribution is 0.607. The highest BCUT2D eigenvalue weighted by molar-refractivity contribution is 14.1. The van der Waals surface area contributed by atoms with E-state index >= 15 is 0 Å². The Morgan fingerprint density at radius 3 is 2.59 bits per heavy atom. The van der Waals surface area contributed by atoms with Crippen molar-refractivity contribution < 1.29 is 4.39 Å². The zero-order chi connectivity index (χ0) is 24.0. The summed E-state index contributed by atoms with van der Waals surface area (Å²) in [6.45, 7) is 0. The van der Waals surface area contributed by atoms with Gasteiger partial charge < -0.3 is 16.8 Å². The quantitative estimate of drug-likeness (QED) is 0.310. The van der Waals surface area contributed by atoms with E-state index in [4.69, 9.17) is 16.5 Å². The second-order valence-electron chi connectivity index (χ2n) is 7.99. The molecule has 5 rings (SSSR count). The van der Waals surface area contributed by atoms with Crippen molar-refractivity contribution in [3.63, 3.8) is 0 Å².